The highest BCUT2D eigenvalue weighted by atomic mass is 16.7. The van der Waals surface area contributed by atoms with Gasteiger partial charge in [0.2, 0.25) is 5.75 Å². The van der Waals surface area contributed by atoms with E-state index in [1.54, 1.807) is 0 Å². The Bertz CT molecular complexity index is 944. The second kappa shape index (κ2) is 6.98. The van der Waals surface area contributed by atoms with Crippen molar-refractivity contribution in [1.82, 2.24) is 4.98 Å². The van der Waals surface area contributed by atoms with E-state index in [1.165, 1.54) is 18.5 Å². The van der Waals surface area contributed by atoms with Crippen LogP contribution in [0.5, 0.6) is 11.5 Å². The zero-order chi connectivity index (χ0) is 19.0. The van der Waals surface area contributed by atoms with Gasteiger partial charge in [-0.15, -0.1) is 0 Å². The number of carbonyl (C=O) groups is 1. The quantitative estimate of drug-likeness (QED) is 0.701. The van der Waals surface area contributed by atoms with Crippen molar-refractivity contribution in [3.8, 4) is 22.8 Å². The van der Waals surface area contributed by atoms with E-state index in [1.807, 2.05) is 12.1 Å². The van der Waals surface area contributed by atoms with Gasteiger partial charge in [-0.05, 0) is 56.2 Å². The number of ether oxygens (including phenoxy) is 1. The number of aryl methyl sites for hydroxylation is 1. The largest absolute Gasteiger partial charge is 0.511 e. The standard InChI is InChI=1S/C20H22N2O5/c23-17-15-6-2-1-5-12-11-13(22-9-3-4-10-22)7-8-14(12)16(15)21-19(24)18(17)27-20(25)26/h7-8,11H,1-6,9-10H2,(H,25,26)(H2,21,23,24). The van der Waals surface area contributed by atoms with E-state index in [0.29, 0.717) is 17.7 Å². The molecule has 1 fully saturated rings. The lowest BCUT2D eigenvalue weighted by atomic mass is 9.90. The van der Waals surface area contributed by atoms with Crippen molar-refractivity contribution in [3.05, 3.63) is 39.7 Å². The molecule has 0 unspecified atom stereocenters. The molecule has 1 aliphatic carbocycles. The van der Waals surface area contributed by atoms with Crippen molar-refractivity contribution >= 4 is 11.8 Å². The van der Waals surface area contributed by atoms with Crippen LogP contribution in [0.4, 0.5) is 10.5 Å². The molecule has 2 heterocycles. The molecule has 4 rings (SSSR count). The van der Waals surface area contributed by atoms with Crippen LogP contribution in [0.25, 0.3) is 11.3 Å². The molecule has 1 aliphatic heterocycles. The van der Waals surface area contributed by atoms with Crippen molar-refractivity contribution in [1.29, 1.82) is 0 Å². The highest BCUT2D eigenvalue weighted by Crippen LogP contribution is 2.39. The van der Waals surface area contributed by atoms with Crippen LogP contribution in [0, 0.1) is 0 Å². The first-order chi connectivity index (χ1) is 13.0. The van der Waals surface area contributed by atoms with E-state index in [0.717, 1.165) is 43.5 Å². The molecule has 0 atom stereocenters. The Morgan fingerprint density at radius 2 is 1.85 bits per heavy atom. The maximum atomic E-state index is 12.3. The van der Waals surface area contributed by atoms with Crippen LogP contribution >= 0.6 is 0 Å². The molecule has 2 aromatic rings. The fourth-order valence-electron chi connectivity index (χ4n) is 4.08. The normalized spacial score (nSPS) is 16.2. The summed E-state index contributed by atoms with van der Waals surface area (Å²) in [7, 11) is 0. The van der Waals surface area contributed by atoms with Crippen LogP contribution in [-0.4, -0.2) is 34.4 Å². The fraction of sp³-hybridized carbons (Fsp3) is 0.400. The maximum Gasteiger partial charge on any atom is 0.511 e. The van der Waals surface area contributed by atoms with Gasteiger partial charge in [-0.3, -0.25) is 4.79 Å². The number of rotatable bonds is 2. The number of aromatic amines is 1. The van der Waals surface area contributed by atoms with E-state index >= 15 is 0 Å². The topological polar surface area (TPSA) is 103 Å². The van der Waals surface area contributed by atoms with Crippen LogP contribution in [0.2, 0.25) is 0 Å². The summed E-state index contributed by atoms with van der Waals surface area (Å²) in [5.41, 5.74) is 3.53. The van der Waals surface area contributed by atoms with Crippen LogP contribution in [0.1, 0.15) is 36.8 Å². The molecule has 2 aliphatic rings. The average Bonchev–Trinajstić information content (AvgIpc) is 3.16. The van der Waals surface area contributed by atoms with Gasteiger partial charge >= 0.3 is 6.16 Å². The van der Waals surface area contributed by atoms with Crippen molar-refractivity contribution < 1.29 is 19.7 Å². The lowest BCUT2D eigenvalue weighted by molar-refractivity contribution is 0.142. The first-order valence-corrected chi connectivity index (χ1v) is 9.31. The summed E-state index contributed by atoms with van der Waals surface area (Å²) in [6.45, 7) is 2.12. The number of aromatic hydroxyl groups is 1. The van der Waals surface area contributed by atoms with Gasteiger partial charge < -0.3 is 24.8 Å². The summed E-state index contributed by atoms with van der Waals surface area (Å²) in [6.07, 6.45) is 3.99. The van der Waals surface area contributed by atoms with E-state index in [2.05, 4.69) is 20.7 Å². The summed E-state index contributed by atoms with van der Waals surface area (Å²) in [5.74, 6) is -0.940. The lowest BCUT2D eigenvalue weighted by Gasteiger charge is -2.23. The molecular weight excluding hydrogens is 348 g/mol. The molecule has 142 valence electrons. The maximum absolute atomic E-state index is 12.3. The first-order valence-electron chi connectivity index (χ1n) is 9.31. The zero-order valence-electron chi connectivity index (χ0n) is 15.0. The summed E-state index contributed by atoms with van der Waals surface area (Å²) in [6, 6.07) is 6.21. The van der Waals surface area contributed by atoms with Gasteiger partial charge in [0.15, 0.2) is 5.75 Å². The summed E-state index contributed by atoms with van der Waals surface area (Å²) >= 11 is 0. The Balaban J connectivity index is 1.84. The zero-order valence-corrected chi connectivity index (χ0v) is 15.0. The van der Waals surface area contributed by atoms with Gasteiger partial charge in [0.1, 0.15) is 0 Å². The van der Waals surface area contributed by atoms with Crippen molar-refractivity contribution in [2.75, 3.05) is 18.0 Å². The number of nitrogens with one attached hydrogen (secondary N) is 1. The van der Waals surface area contributed by atoms with Crippen molar-refractivity contribution in [2.24, 2.45) is 0 Å². The SMILES string of the molecule is O=C(O)Oc1c(O)c2c([nH]c1=O)-c1ccc(N3CCCC3)cc1CCCC2. The first kappa shape index (κ1) is 17.5. The summed E-state index contributed by atoms with van der Waals surface area (Å²) in [4.78, 5) is 28.3. The molecule has 27 heavy (non-hydrogen) atoms. The average molecular weight is 370 g/mol. The third-order valence-electron chi connectivity index (χ3n) is 5.39. The minimum absolute atomic E-state index is 0.382. The number of aromatic nitrogens is 1. The number of carboxylic acid groups (broad SMARTS) is 1. The predicted octanol–water partition coefficient (Wildman–Crippen LogP) is 3.28. The molecule has 3 N–H and O–H groups in total. The molecule has 7 nitrogen and oxygen atoms in total. The number of hydrogen-bond donors (Lipinski definition) is 3. The Morgan fingerprint density at radius 1 is 1.11 bits per heavy atom. The van der Waals surface area contributed by atoms with Crippen LogP contribution < -0.4 is 15.2 Å². The van der Waals surface area contributed by atoms with Crippen molar-refractivity contribution in [2.45, 2.75) is 38.5 Å². The summed E-state index contributed by atoms with van der Waals surface area (Å²) in [5, 5.41) is 19.3. The van der Waals surface area contributed by atoms with E-state index in [-0.39, 0.29) is 5.75 Å². The Morgan fingerprint density at radius 3 is 2.59 bits per heavy atom. The Kier molecular flexibility index (Phi) is 4.51. The number of hydrogen-bond acceptors (Lipinski definition) is 5. The smallest absolute Gasteiger partial charge is 0.504 e. The number of anilines is 1. The monoisotopic (exact) mass is 370 g/mol. The minimum Gasteiger partial charge on any atom is -0.504 e. The molecule has 1 saturated heterocycles. The van der Waals surface area contributed by atoms with E-state index < -0.39 is 17.5 Å². The molecule has 0 spiro atoms. The highest BCUT2D eigenvalue weighted by Gasteiger charge is 2.24. The molecule has 0 saturated carbocycles. The molecule has 0 bridgehead atoms. The van der Waals surface area contributed by atoms with Gasteiger partial charge in [-0.2, -0.15) is 0 Å². The number of H-pyrrole nitrogens is 1. The third kappa shape index (κ3) is 3.25. The van der Waals surface area contributed by atoms with Crippen LogP contribution in [-0.2, 0) is 12.8 Å². The fourth-order valence-corrected chi connectivity index (χ4v) is 4.08. The van der Waals surface area contributed by atoms with Gasteiger partial charge in [0.05, 0.1) is 5.69 Å². The highest BCUT2D eigenvalue weighted by molar-refractivity contribution is 5.74. The Labute approximate surface area is 156 Å². The van der Waals surface area contributed by atoms with Gasteiger partial charge in [0, 0.05) is 29.9 Å². The molecule has 0 radical (unpaired) electrons. The number of nitrogens with zero attached hydrogens (tertiary/aromatic N) is 1. The van der Waals surface area contributed by atoms with Crippen LogP contribution in [0.15, 0.2) is 23.0 Å². The van der Waals surface area contributed by atoms with Gasteiger partial charge in [-0.1, -0.05) is 6.07 Å². The minimum atomic E-state index is -1.63. The second-order valence-electron chi connectivity index (χ2n) is 7.10. The van der Waals surface area contributed by atoms with E-state index in [9.17, 15) is 14.7 Å². The van der Waals surface area contributed by atoms with E-state index in [4.69, 9.17) is 5.11 Å². The molecule has 1 aromatic carbocycles. The van der Waals surface area contributed by atoms with Crippen molar-refractivity contribution in [3.63, 3.8) is 0 Å². The second-order valence-corrected chi connectivity index (χ2v) is 7.10. The molecule has 1 aromatic heterocycles. The Hall–Kier alpha value is -2.96. The predicted molar refractivity (Wildman–Crippen MR) is 101 cm³/mol. The van der Waals surface area contributed by atoms with Crippen LogP contribution in [0.3, 0.4) is 0 Å². The number of fused-ring (bicyclic) bond motifs is 3. The van der Waals surface area contributed by atoms with Gasteiger partial charge in [-0.25, -0.2) is 4.79 Å². The van der Waals surface area contributed by atoms with Gasteiger partial charge in [0.25, 0.3) is 5.56 Å². The number of pyridine rings is 1. The third-order valence-corrected chi connectivity index (χ3v) is 5.39. The number of benzene rings is 1. The molecular formula is C20H22N2O5. The summed E-state index contributed by atoms with van der Waals surface area (Å²) < 4.78 is 4.50. The molecule has 7 heteroatoms. The lowest BCUT2D eigenvalue weighted by Crippen LogP contribution is -2.19. The molecule has 0 amide bonds.